The number of methoxy groups -OCH3 is 1. The fraction of sp³-hybridized carbons (Fsp3) is 0.400. The highest BCUT2D eigenvalue weighted by atomic mass is 19.1. The number of rotatable bonds is 5. The summed E-state index contributed by atoms with van der Waals surface area (Å²) in [5, 5.41) is 25.7. The Bertz CT molecular complexity index is 1390. The third-order valence-electron chi connectivity index (χ3n) is 6.77. The minimum atomic E-state index is -1.45. The van der Waals surface area contributed by atoms with Gasteiger partial charge in [0, 0.05) is 32.0 Å². The third-order valence-corrected chi connectivity index (χ3v) is 6.77. The molecule has 2 aliphatic heterocycles. The van der Waals surface area contributed by atoms with E-state index in [1.165, 1.54) is 24.8 Å². The number of imidazole rings is 1. The van der Waals surface area contributed by atoms with E-state index in [0.717, 1.165) is 5.56 Å². The molecule has 1 fully saturated rings. The fourth-order valence-corrected chi connectivity index (χ4v) is 5.03. The number of nitrogens with zero attached hydrogens (tertiary/aromatic N) is 4. The first-order chi connectivity index (χ1) is 16.6. The molecule has 1 aromatic carbocycles. The number of carbonyl (C=O) groups is 1. The third kappa shape index (κ3) is 3.82. The van der Waals surface area contributed by atoms with Gasteiger partial charge in [0.05, 0.1) is 23.6 Å². The van der Waals surface area contributed by atoms with E-state index in [0.29, 0.717) is 35.6 Å². The van der Waals surface area contributed by atoms with Gasteiger partial charge in [-0.25, -0.2) is 9.37 Å². The van der Waals surface area contributed by atoms with E-state index in [1.54, 1.807) is 25.4 Å². The summed E-state index contributed by atoms with van der Waals surface area (Å²) in [6.07, 6.45) is 1.80. The summed E-state index contributed by atoms with van der Waals surface area (Å²) in [6, 6.07) is 4.68. The van der Waals surface area contributed by atoms with Crippen LogP contribution in [-0.4, -0.2) is 54.8 Å². The van der Waals surface area contributed by atoms with Gasteiger partial charge in [0.2, 0.25) is 0 Å². The molecule has 182 valence electrons. The van der Waals surface area contributed by atoms with Crippen molar-refractivity contribution < 1.29 is 24.1 Å². The molecule has 3 aromatic rings. The Labute approximate surface area is 201 Å². The second-order valence-electron chi connectivity index (χ2n) is 9.38. The van der Waals surface area contributed by atoms with Crippen molar-refractivity contribution in [3.8, 4) is 23.2 Å². The van der Waals surface area contributed by atoms with Gasteiger partial charge in [-0.2, -0.15) is 5.10 Å². The Hall–Kier alpha value is -3.52. The van der Waals surface area contributed by atoms with E-state index in [9.17, 15) is 15.0 Å². The van der Waals surface area contributed by atoms with Gasteiger partial charge in [-0.05, 0) is 49.4 Å². The summed E-state index contributed by atoms with van der Waals surface area (Å²) in [6.45, 7) is 1.45. The van der Waals surface area contributed by atoms with Gasteiger partial charge in [0.1, 0.15) is 23.3 Å². The van der Waals surface area contributed by atoms with Crippen LogP contribution in [0.25, 0.3) is 11.4 Å². The van der Waals surface area contributed by atoms with Gasteiger partial charge in [0.25, 0.3) is 5.91 Å². The molecule has 4 heterocycles. The number of aryl methyl sites for hydroxylation is 1. The highest BCUT2D eigenvalue weighted by Crippen LogP contribution is 2.54. The number of aliphatic hydroxyl groups is 2. The lowest BCUT2D eigenvalue weighted by atomic mass is 9.75. The van der Waals surface area contributed by atoms with E-state index in [2.05, 4.69) is 21.9 Å². The first-order valence-electron chi connectivity index (χ1n) is 11.3. The number of amides is 1. The van der Waals surface area contributed by atoms with Crippen molar-refractivity contribution in [2.75, 3.05) is 13.7 Å². The molecular formula is C25H26FN5O4. The van der Waals surface area contributed by atoms with E-state index < -0.39 is 23.4 Å². The predicted molar refractivity (Wildman–Crippen MR) is 124 cm³/mol. The van der Waals surface area contributed by atoms with Gasteiger partial charge < -0.3 is 25.3 Å². The van der Waals surface area contributed by atoms with E-state index in [4.69, 9.17) is 10.5 Å². The smallest absolute Gasteiger partial charge is 0.269 e. The lowest BCUT2D eigenvalue weighted by molar-refractivity contribution is 0.0274. The summed E-state index contributed by atoms with van der Waals surface area (Å²) < 4.78 is 23.4. The maximum atomic E-state index is 15.0. The van der Waals surface area contributed by atoms with Gasteiger partial charge in [-0.15, -0.1) is 0 Å². The number of halogens is 1. The van der Waals surface area contributed by atoms with Gasteiger partial charge in [-0.3, -0.25) is 9.48 Å². The molecule has 0 unspecified atom stereocenters. The Balaban J connectivity index is 1.70. The topological polar surface area (TPSA) is 128 Å². The summed E-state index contributed by atoms with van der Waals surface area (Å²) in [5.41, 5.74) is 6.46. The highest BCUT2D eigenvalue weighted by molar-refractivity contribution is 5.93. The molecule has 1 amide bonds. The van der Waals surface area contributed by atoms with E-state index in [1.807, 2.05) is 4.57 Å². The van der Waals surface area contributed by atoms with Crippen molar-refractivity contribution in [2.45, 2.75) is 43.4 Å². The maximum Gasteiger partial charge on any atom is 0.269 e. The van der Waals surface area contributed by atoms with Crippen molar-refractivity contribution in [3.63, 3.8) is 0 Å². The molecule has 1 aliphatic carbocycles. The Morgan fingerprint density at radius 1 is 1.43 bits per heavy atom. The van der Waals surface area contributed by atoms with Crippen LogP contribution in [0.5, 0.6) is 0 Å². The van der Waals surface area contributed by atoms with Crippen LogP contribution in [0, 0.1) is 17.7 Å². The molecule has 2 aromatic heterocycles. The Morgan fingerprint density at radius 2 is 2.17 bits per heavy atom. The largest absolute Gasteiger partial charge is 0.381 e. The number of ether oxygens (including phenoxy) is 1. The van der Waals surface area contributed by atoms with Gasteiger partial charge >= 0.3 is 0 Å². The van der Waals surface area contributed by atoms with Crippen LogP contribution < -0.4 is 5.73 Å². The number of primary amides is 1. The monoisotopic (exact) mass is 479 g/mol. The number of aliphatic hydroxyl groups excluding tert-OH is 1. The van der Waals surface area contributed by atoms with E-state index >= 15 is 4.39 Å². The van der Waals surface area contributed by atoms with Crippen LogP contribution in [0.2, 0.25) is 0 Å². The quantitative estimate of drug-likeness (QED) is 0.479. The standard InChI is InChI=1S/C25H26FN5O4/c1-25(34,12-35-3)6-4-13-10-17-16(11-18(13)26)14-8-15(9-14)31-21(20(23(27)33)29-24(17)31)22(32)19-5-7-28-30(19)2/h5,7,10-11,14-15,22,32,34H,8-9,12H2,1-3H3,(H2,27,33)/t14?,15?,22-,25+/m1/s1. The zero-order valence-electron chi connectivity index (χ0n) is 19.6. The average molecular weight is 480 g/mol. The molecule has 10 heteroatoms. The van der Waals surface area contributed by atoms with Crippen LogP contribution in [0.3, 0.4) is 0 Å². The SMILES string of the molecule is COC[C@@](C)(O)C#Cc1cc2c(cc1F)C1CC(C1)n1c-2nc(C(N)=O)c1[C@H](O)c1ccnn1C. The Kier molecular flexibility index (Phi) is 5.51. The molecule has 0 saturated heterocycles. The lowest BCUT2D eigenvalue weighted by Gasteiger charge is -2.36. The first kappa shape index (κ1) is 23.2. The molecule has 2 bridgehead atoms. The molecule has 2 atom stereocenters. The molecule has 1 saturated carbocycles. The molecule has 0 spiro atoms. The highest BCUT2D eigenvalue weighted by Gasteiger charge is 2.43. The second-order valence-corrected chi connectivity index (χ2v) is 9.38. The minimum absolute atomic E-state index is 0.0269. The second kappa shape index (κ2) is 8.30. The van der Waals surface area contributed by atoms with Gasteiger partial charge in [-0.1, -0.05) is 11.8 Å². The Morgan fingerprint density at radius 3 is 2.80 bits per heavy atom. The van der Waals surface area contributed by atoms with E-state index in [-0.39, 0.29) is 29.8 Å². The van der Waals surface area contributed by atoms with Crippen LogP contribution in [0.4, 0.5) is 4.39 Å². The normalized spacial score (nSPS) is 20.4. The molecule has 9 nitrogen and oxygen atoms in total. The number of benzene rings is 1. The first-order valence-corrected chi connectivity index (χ1v) is 11.3. The molecule has 4 N–H and O–H groups in total. The molecule has 6 rings (SSSR count). The van der Waals surface area contributed by atoms with Crippen LogP contribution in [0.1, 0.15) is 70.8 Å². The number of hydrogen-bond donors (Lipinski definition) is 3. The number of hydrogen-bond acceptors (Lipinski definition) is 6. The fourth-order valence-electron chi connectivity index (χ4n) is 5.03. The maximum absolute atomic E-state index is 15.0. The summed E-state index contributed by atoms with van der Waals surface area (Å²) in [7, 11) is 3.14. The molecule has 35 heavy (non-hydrogen) atoms. The lowest BCUT2D eigenvalue weighted by Crippen LogP contribution is -2.27. The number of nitrogens with two attached hydrogens (primary N) is 1. The van der Waals surface area contributed by atoms with Crippen LogP contribution >= 0.6 is 0 Å². The van der Waals surface area contributed by atoms with Crippen LogP contribution in [0.15, 0.2) is 24.4 Å². The molecule has 3 aliphatic rings. The summed E-state index contributed by atoms with van der Waals surface area (Å²) in [5.74, 6) is 4.65. The van der Waals surface area contributed by atoms with Crippen molar-refractivity contribution in [3.05, 3.63) is 58.4 Å². The zero-order chi connectivity index (χ0) is 25.1. The van der Waals surface area contributed by atoms with Crippen molar-refractivity contribution in [2.24, 2.45) is 12.8 Å². The van der Waals surface area contributed by atoms with Crippen molar-refractivity contribution >= 4 is 5.91 Å². The number of aromatic nitrogens is 4. The van der Waals surface area contributed by atoms with Crippen molar-refractivity contribution in [1.82, 2.24) is 19.3 Å². The van der Waals surface area contributed by atoms with Crippen LogP contribution in [-0.2, 0) is 11.8 Å². The summed E-state index contributed by atoms with van der Waals surface area (Å²) in [4.78, 5) is 17.0. The minimum Gasteiger partial charge on any atom is -0.381 e. The molecule has 0 radical (unpaired) electrons. The average Bonchev–Trinajstić information content (AvgIpc) is 3.30. The van der Waals surface area contributed by atoms with Gasteiger partial charge in [0.15, 0.2) is 5.69 Å². The zero-order valence-corrected chi connectivity index (χ0v) is 19.6. The number of carbonyl (C=O) groups excluding carboxylic acids is 1. The van der Waals surface area contributed by atoms with Crippen molar-refractivity contribution in [1.29, 1.82) is 0 Å². The molecular weight excluding hydrogens is 453 g/mol. The predicted octanol–water partition coefficient (Wildman–Crippen LogP) is 1.78. The summed E-state index contributed by atoms with van der Waals surface area (Å²) >= 11 is 0.